The Morgan fingerprint density at radius 3 is 2.76 bits per heavy atom. The number of rotatable bonds is 4. The second-order valence-electron chi connectivity index (χ2n) is 5.21. The normalized spacial score (nSPS) is 26.4. The molecule has 0 amide bonds. The fourth-order valence-electron chi connectivity index (χ4n) is 2.99. The zero-order valence-corrected chi connectivity index (χ0v) is 13.3. The molecule has 3 heteroatoms. The molecular formula is C14H22BrNS. The van der Waals surface area contributed by atoms with Crippen molar-refractivity contribution in [3.05, 3.63) is 20.3 Å². The number of aryl methyl sites for hydroxylation is 1. The third-order valence-electron chi connectivity index (χ3n) is 3.96. The van der Waals surface area contributed by atoms with Gasteiger partial charge in [0.2, 0.25) is 0 Å². The highest BCUT2D eigenvalue weighted by molar-refractivity contribution is 9.11. The molecule has 0 aromatic carbocycles. The van der Waals surface area contributed by atoms with Crippen molar-refractivity contribution >= 4 is 27.3 Å². The van der Waals surface area contributed by atoms with Gasteiger partial charge in [0.25, 0.3) is 0 Å². The smallest absolute Gasteiger partial charge is 0.0731 e. The lowest BCUT2D eigenvalue weighted by Crippen LogP contribution is -2.28. The maximum absolute atomic E-state index is 3.70. The molecule has 3 unspecified atom stereocenters. The van der Waals surface area contributed by atoms with E-state index in [4.69, 9.17) is 0 Å². The predicted octanol–water partition coefficient (Wildman–Crippen LogP) is 4.91. The lowest BCUT2D eigenvalue weighted by atomic mass is 9.89. The molecular weight excluding hydrogens is 294 g/mol. The minimum Gasteiger partial charge on any atom is -0.309 e. The van der Waals surface area contributed by atoms with Crippen LogP contribution in [0.2, 0.25) is 0 Å². The summed E-state index contributed by atoms with van der Waals surface area (Å²) < 4.78 is 1.29. The summed E-state index contributed by atoms with van der Waals surface area (Å²) in [5, 5.41) is 3.70. The molecule has 0 saturated heterocycles. The van der Waals surface area contributed by atoms with Crippen LogP contribution in [-0.4, -0.2) is 6.54 Å². The fourth-order valence-corrected chi connectivity index (χ4v) is 4.71. The third-order valence-corrected chi connectivity index (χ3v) is 6.18. The molecule has 1 saturated carbocycles. The number of hydrogen-bond donors (Lipinski definition) is 1. The molecule has 0 bridgehead atoms. The van der Waals surface area contributed by atoms with Crippen molar-refractivity contribution in [2.45, 2.75) is 46.1 Å². The zero-order chi connectivity index (χ0) is 12.4. The van der Waals surface area contributed by atoms with Gasteiger partial charge in [-0.1, -0.05) is 26.7 Å². The van der Waals surface area contributed by atoms with Crippen LogP contribution in [0, 0.1) is 18.8 Å². The van der Waals surface area contributed by atoms with Gasteiger partial charge in [0, 0.05) is 10.9 Å². The Labute approximate surface area is 117 Å². The molecule has 17 heavy (non-hydrogen) atoms. The lowest BCUT2D eigenvalue weighted by Gasteiger charge is -2.26. The van der Waals surface area contributed by atoms with Crippen molar-refractivity contribution in [3.8, 4) is 0 Å². The first-order valence-electron chi connectivity index (χ1n) is 6.62. The lowest BCUT2D eigenvalue weighted by molar-refractivity contribution is 0.309. The van der Waals surface area contributed by atoms with Gasteiger partial charge in [-0.25, -0.2) is 0 Å². The van der Waals surface area contributed by atoms with Gasteiger partial charge in [-0.15, -0.1) is 11.3 Å². The monoisotopic (exact) mass is 315 g/mol. The molecule has 1 aromatic heterocycles. The summed E-state index contributed by atoms with van der Waals surface area (Å²) in [4.78, 5) is 1.51. The number of hydrogen-bond acceptors (Lipinski definition) is 2. The number of nitrogens with one attached hydrogen (secondary N) is 1. The van der Waals surface area contributed by atoms with E-state index in [0.29, 0.717) is 6.04 Å². The van der Waals surface area contributed by atoms with Crippen LogP contribution in [0.4, 0.5) is 0 Å². The average Bonchev–Trinajstić information content (AvgIpc) is 2.83. The van der Waals surface area contributed by atoms with Crippen LogP contribution in [-0.2, 0) is 0 Å². The summed E-state index contributed by atoms with van der Waals surface area (Å²) in [5.74, 6) is 1.68. The predicted molar refractivity (Wildman–Crippen MR) is 79.7 cm³/mol. The van der Waals surface area contributed by atoms with Gasteiger partial charge in [-0.2, -0.15) is 0 Å². The van der Waals surface area contributed by atoms with Crippen LogP contribution in [0.3, 0.4) is 0 Å². The van der Waals surface area contributed by atoms with Crippen LogP contribution in [0.1, 0.15) is 49.6 Å². The first-order chi connectivity index (χ1) is 8.13. The quantitative estimate of drug-likeness (QED) is 0.832. The standard InChI is InChI=1S/C14H22BrNS/c1-4-16-13(11-7-5-6-9(11)2)12-8-10(3)14(15)17-12/h8-9,11,13,16H,4-7H2,1-3H3. The molecule has 1 aliphatic rings. The Hall–Kier alpha value is 0.140. The van der Waals surface area contributed by atoms with Gasteiger partial charge in [-0.3, -0.25) is 0 Å². The average molecular weight is 316 g/mol. The molecule has 2 rings (SSSR count). The minimum atomic E-state index is 0.562. The van der Waals surface area contributed by atoms with Crippen LogP contribution in [0.25, 0.3) is 0 Å². The SMILES string of the molecule is CCNC(c1cc(C)c(Br)s1)C1CCCC1C. The van der Waals surface area contributed by atoms with Crippen molar-refractivity contribution in [2.75, 3.05) is 6.54 Å². The van der Waals surface area contributed by atoms with E-state index in [1.807, 2.05) is 11.3 Å². The summed E-state index contributed by atoms with van der Waals surface area (Å²) >= 11 is 5.56. The molecule has 1 heterocycles. The van der Waals surface area contributed by atoms with E-state index >= 15 is 0 Å². The Morgan fingerprint density at radius 1 is 1.53 bits per heavy atom. The van der Waals surface area contributed by atoms with Crippen LogP contribution >= 0.6 is 27.3 Å². The molecule has 1 N–H and O–H groups in total. The molecule has 96 valence electrons. The van der Waals surface area contributed by atoms with Crippen LogP contribution < -0.4 is 5.32 Å². The van der Waals surface area contributed by atoms with E-state index in [1.54, 1.807) is 0 Å². The minimum absolute atomic E-state index is 0.562. The third kappa shape index (κ3) is 2.94. The summed E-state index contributed by atoms with van der Waals surface area (Å²) in [6, 6.07) is 2.92. The van der Waals surface area contributed by atoms with E-state index in [-0.39, 0.29) is 0 Å². The van der Waals surface area contributed by atoms with Crippen molar-refractivity contribution in [2.24, 2.45) is 11.8 Å². The Bertz CT molecular complexity index is 355. The van der Waals surface area contributed by atoms with Gasteiger partial charge in [-0.05, 0) is 59.3 Å². The Kier molecular flexibility index (Phi) is 4.67. The van der Waals surface area contributed by atoms with E-state index in [0.717, 1.165) is 18.4 Å². The highest BCUT2D eigenvalue weighted by Gasteiger charge is 2.32. The first-order valence-corrected chi connectivity index (χ1v) is 8.23. The van der Waals surface area contributed by atoms with Gasteiger partial charge in [0.15, 0.2) is 0 Å². The number of thiophene rings is 1. The molecule has 1 aliphatic carbocycles. The highest BCUT2D eigenvalue weighted by atomic mass is 79.9. The Morgan fingerprint density at radius 2 is 2.29 bits per heavy atom. The van der Waals surface area contributed by atoms with E-state index in [9.17, 15) is 0 Å². The maximum atomic E-state index is 3.70. The zero-order valence-electron chi connectivity index (χ0n) is 10.9. The van der Waals surface area contributed by atoms with Crippen LogP contribution in [0.5, 0.6) is 0 Å². The summed E-state index contributed by atoms with van der Waals surface area (Å²) in [5.41, 5.74) is 1.37. The maximum Gasteiger partial charge on any atom is 0.0731 e. The van der Waals surface area contributed by atoms with E-state index in [1.165, 1.54) is 33.5 Å². The van der Waals surface area contributed by atoms with E-state index in [2.05, 4.69) is 48.1 Å². The molecule has 1 aromatic rings. The Balaban J connectivity index is 2.21. The van der Waals surface area contributed by atoms with Crippen LogP contribution in [0.15, 0.2) is 9.85 Å². The van der Waals surface area contributed by atoms with Crippen molar-refractivity contribution < 1.29 is 0 Å². The first kappa shape index (κ1) is 13.6. The number of halogens is 1. The molecule has 0 spiro atoms. The summed E-state index contributed by atoms with van der Waals surface area (Å²) in [6.45, 7) is 7.87. The van der Waals surface area contributed by atoms with Gasteiger partial charge in [0.05, 0.1) is 3.79 Å². The van der Waals surface area contributed by atoms with Crippen molar-refractivity contribution in [3.63, 3.8) is 0 Å². The highest BCUT2D eigenvalue weighted by Crippen LogP contribution is 2.43. The second kappa shape index (κ2) is 5.85. The van der Waals surface area contributed by atoms with Gasteiger partial charge < -0.3 is 5.32 Å². The topological polar surface area (TPSA) is 12.0 Å². The largest absolute Gasteiger partial charge is 0.309 e. The van der Waals surface area contributed by atoms with Crippen molar-refractivity contribution in [1.82, 2.24) is 5.32 Å². The molecule has 1 nitrogen and oxygen atoms in total. The summed E-state index contributed by atoms with van der Waals surface area (Å²) in [7, 11) is 0. The van der Waals surface area contributed by atoms with Crippen molar-refractivity contribution in [1.29, 1.82) is 0 Å². The molecule has 1 fully saturated rings. The fraction of sp³-hybridized carbons (Fsp3) is 0.714. The molecule has 3 atom stereocenters. The molecule has 0 radical (unpaired) electrons. The van der Waals surface area contributed by atoms with Gasteiger partial charge in [0.1, 0.15) is 0 Å². The van der Waals surface area contributed by atoms with Gasteiger partial charge >= 0.3 is 0 Å². The molecule has 0 aliphatic heterocycles. The second-order valence-corrected chi connectivity index (χ2v) is 7.61. The summed E-state index contributed by atoms with van der Waals surface area (Å²) in [6.07, 6.45) is 4.19. The van der Waals surface area contributed by atoms with E-state index < -0.39 is 0 Å².